The summed E-state index contributed by atoms with van der Waals surface area (Å²) in [6.07, 6.45) is 1.05. The van der Waals surface area contributed by atoms with E-state index in [0.29, 0.717) is 48.3 Å². The van der Waals surface area contributed by atoms with Crippen LogP contribution in [0.25, 0.3) is 0 Å². The second kappa shape index (κ2) is 8.19. The van der Waals surface area contributed by atoms with Gasteiger partial charge in [0.05, 0.1) is 11.6 Å². The summed E-state index contributed by atoms with van der Waals surface area (Å²) in [6, 6.07) is 5.06. The minimum Gasteiger partial charge on any atom is -0.492 e. The van der Waals surface area contributed by atoms with Crippen LogP contribution in [0, 0.1) is 0 Å². The Balaban J connectivity index is 2.20. The second-order valence-electron chi connectivity index (χ2n) is 3.67. The fourth-order valence-electron chi connectivity index (χ4n) is 1.29. The summed E-state index contributed by atoms with van der Waals surface area (Å²) in [4.78, 5) is 11.1. The lowest BCUT2D eigenvalue weighted by atomic mass is 10.3. The van der Waals surface area contributed by atoms with E-state index in [0.717, 1.165) is 0 Å². The number of halogens is 2. The molecule has 0 aliphatic heterocycles. The Bertz CT molecular complexity index is 400. The number of benzene rings is 1. The highest BCUT2D eigenvalue weighted by molar-refractivity contribution is 6.35. The zero-order chi connectivity index (χ0) is 13.4. The first-order valence-corrected chi connectivity index (χ1v) is 6.43. The van der Waals surface area contributed by atoms with E-state index < -0.39 is 0 Å². The van der Waals surface area contributed by atoms with Crippen LogP contribution in [-0.2, 0) is 4.79 Å². The molecule has 1 aromatic rings. The van der Waals surface area contributed by atoms with Gasteiger partial charge in [0.25, 0.3) is 0 Å². The Morgan fingerprint density at radius 1 is 1.39 bits per heavy atom. The third-order valence-electron chi connectivity index (χ3n) is 2.17. The SMILES string of the molecule is NCCC(=O)NCCCOc1ccc(Cl)cc1Cl. The van der Waals surface area contributed by atoms with Gasteiger partial charge in [0.2, 0.25) is 5.91 Å². The quantitative estimate of drug-likeness (QED) is 0.757. The van der Waals surface area contributed by atoms with Crippen LogP contribution >= 0.6 is 23.2 Å². The molecule has 4 nitrogen and oxygen atoms in total. The Morgan fingerprint density at radius 2 is 2.17 bits per heavy atom. The zero-order valence-corrected chi connectivity index (χ0v) is 11.4. The molecule has 0 fully saturated rings. The lowest BCUT2D eigenvalue weighted by Gasteiger charge is -2.08. The highest BCUT2D eigenvalue weighted by Gasteiger charge is 2.02. The van der Waals surface area contributed by atoms with Gasteiger partial charge in [-0.05, 0) is 24.6 Å². The average Bonchev–Trinajstić information content (AvgIpc) is 2.31. The van der Waals surface area contributed by atoms with Gasteiger partial charge < -0.3 is 15.8 Å². The van der Waals surface area contributed by atoms with Gasteiger partial charge in [-0.3, -0.25) is 4.79 Å². The smallest absolute Gasteiger partial charge is 0.221 e. The summed E-state index contributed by atoms with van der Waals surface area (Å²) in [5.41, 5.74) is 5.25. The van der Waals surface area contributed by atoms with E-state index in [1.54, 1.807) is 18.2 Å². The van der Waals surface area contributed by atoms with E-state index in [1.165, 1.54) is 0 Å². The molecule has 0 spiro atoms. The van der Waals surface area contributed by atoms with E-state index in [-0.39, 0.29) is 5.91 Å². The average molecular weight is 291 g/mol. The minimum atomic E-state index is -0.0398. The maximum Gasteiger partial charge on any atom is 0.221 e. The number of nitrogens with two attached hydrogens (primary N) is 1. The molecule has 3 N–H and O–H groups in total. The number of ether oxygens (including phenoxy) is 1. The van der Waals surface area contributed by atoms with Gasteiger partial charge in [-0.2, -0.15) is 0 Å². The molecule has 0 aromatic heterocycles. The van der Waals surface area contributed by atoms with Gasteiger partial charge in [0.15, 0.2) is 0 Å². The number of carbonyl (C=O) groups is 1. The molecule has 18 heavy (non-hydrogen) atoms. The van der Waals surface area contributed by atoms with Gasteiger partial charge in [-0.25, -0.2) is 0 Å². The summed E-state index contributed by atoms with van der Waals surface area (Å²) >= 11 is 11.7. The van der Waals surface area contributed by atoms with E-state index in [9.17, 15) is 4.79 Å². The summed E-state index contributed by atoms with van der Waals surface area (Å²) in [5.74, 6) is 0.552. The molecule has 6 heteroatoms. The number of nitrogens with one attached hydrogen (secondary N) is 1. The second-order valence-corrected chi connectivity index (χ2v) is 4.51. The highest BCUT2D eigenvalue weighted by Crippen LogP contribution is 2.27. The Hall–Kier alpha value is -0.970. The van der Waals surface area contributed by atoms with Crippen molar-refractivity contribution in [3.63, 3.8) is 0 Å². The molecular formula is C12H16Cl2N2O2. The van der Waals surface area contributed by atoms with Crippen LogP contribution in [-0.4, -0.2) is 25.6 Å². The van der Waals surface area contributed by atoms with Crippen molar-refractivity contribution in [1.29, 1.82) is 0 Å². The van der Waals surface area contributed by atoms with Crippen LogP contribution in [0.5, 0.6) is 5.75 Å². The molecule has 0 saturated heterocycles. The molecule has 0 aliphatic rings. The molecule has 1 amide bonds. The van der Waals surface area contributed by atoms with Crippen molar-refractivity contribution in [1.82, 2.24) is 5.32 Å². The lowest BCUT2D eigenvalue weighted by Crippen LogP contribution is -2.27. The number of rotatable bonds is 7. The van der Waals surface area contributed by atoms with Crippen molar-refractivity contribution < 1.29 is 9.53 Å². The predicted octanol–water partition coefficient (Wildman–Crippen LogP) is 2.23. The molecular weight excluding hydrogens is 275 g/mol. The van der Waals surface area contributed by atoms with Gasteiger partial charge in [-0.1, -0.05) is 23.2 Å². The summed E-state index contributed by atoms with van der Waals surface area (Å²) in [5, 5.41) is 3.79. The third-order valence-corrected chi connectivity index (χ3v) is 2.70. The van der Waals surface area contributed by atoms with Crippen molar-refractivity contribution >= 4 is 29.1 Å². The van der Waals surface area contributed by atoms with Crippen LogP contribution in [0.15, 0.2) is 18.2 Å². The van der Waals surface area contributed by atoms with E-state index >= 15 is 0 Å². The highest BCUT2D eigenvalue weighted by atomic mass is 35.5. The fraction of sp³-hybridized carbons (Fsp3) is 0.417. The van der Waals surface area contributed by atoms with Crippen LogP contribution in [0.2, 0.25) is 10.0 Å². The first-order chi connectivity index (χ1) is 8.63. The monoisotopic (exact) mass is 290 g/mol. The summed E-state index contributed by atoms with van der Waals surface area (Å²) in [7, 11) is 0. The van der Waals surface area contributed by atoms with E-state index in [4.69, 9.17) is 33.7 Å². The third kappa shape index (κ3) is 5.58. The number of amides is 1. The first kappa shape index (κ1) is 15.1. The molecule has 0 radical (unpaired) electrons. The topological polar surface area (TPSA) is 64.4 Å². The van der Waals surface area contributed by atoms with Crippen LogP contribution in [0.1, 0.15) is 12.8 Å². The Morgan fingerprint density at radius 3 is 2.83 bits per heavy atom. The van der Waals surface area contributed by atoms with Crippen molar-refractivity contribution in [2.24, 2.45) is 5.73 Å². The van der Waals surface area contributed by atoms with E-state index in [2.05, 4.69) is 5.32 Å². The van der Waals surface area contributed by atoms with Crippen LogP contribution in [0.4, 0.5) is 0 Å². The molecule has 0 bridgehead atoms. The Labute approximate surface area is 116 Å². The fourth-order valence-corrected chi connectivity index (χ4v) is 1.76. The normalized spacial score (nSPS) is 10.2. The van der Waals surface area contributed by atoms with Crippen molar-refractivity contribution in [2.45, 2.75) is 12.8 Å². The standard InChI is InChI=1S/C12H16Cl2N2O2/c13-9-2-3-11(10(14)8-9)18-7-1-6-16-12(17)4-5-15/h2-3,8H,1,4-7,15H2,(H,16,17). The Kier molecular flexibility index (Phi) is 6.86. The molecule has 1 aromatic carbocycles. The minimum absolute atomic E-state index is 0.0398. The van der Waals surface area contributed by atoms with Gasteiger partial charge in [0.1, 0.15) is 5.75 Å². The van der Waals surface area contributed by atoms with Crippen molar-refractivity contribution in [3.05, 3.63) is 28.2 Å². The van der Waals surface area contributed by atoms with Crippen molar-refractivity contribution in [2.75, 3.05) is 19.7 Å². The molecule has 1 rings (SSSR count). The molecule has 0 unspecified atom stereocenters. The predicted molar refractivity (Wildman–Crippen MR) is 73.3 cm³/mol. The van der Waals surface area contributed by atoms with E-state index in [1.807, 2.05) is 0 Å². The zero-order valence-electron chi connectivity index (χ0n) is 9.92. The first-order valence-electron chi connectivity index (χ1n) is 5.68. The largest absolute Gasteiger partial charge is 0.492 e. The summed E-state index contributed by atoms with van der Waals surface area (Å²) in [6.45, 7) is 1.40. The number of carbonyl (C=O) groups excluding carboxylic acids is 1. The molecule has 0 atom stereocenters. The molecule has 0 heterocycles. The van der Waals surface area contributed by atoms with Gasteiger partial charge >= 0.3 is 0 Å². The number of hydrogen-bond donors (Lipinski definition) is 2. The van der Waals surface area contributed by atoms with Crippen LogP contribution < -0.4 is 15.8 Å². The molecule has 100 valence electrons. The maximum absolute atomic E-state index is 11.1. The van der Waals surface area contributed by atoms with Gasteiger partial charge in [0, 0.05) is 24.5 Å². The van der Waals surface area contributed by atoms with Crippen molar-refractivity contribution in [3.8, 4) is 5.75 Å². The van der Waals surface area contributed by atoms with Gasteiger partial charge in [-0.15, -0.1) is 0 Å². The lowest BCUT2D eigenvalue weighted by molar-refractivity contribution is -0.120. The van der Waals surface area contributed by atoms with Crippen LogP contribution in [0.3, 0.4) is 0 Å². The maximum atomic E-state index is 11.1. The molecule has 0 aliphatic carbocycles. The number of hydrogen-bond acceptors (Lipinski definition) is 3. The summed E-state index contributed by atoms with van der Waals surface area (Å²) < 4.78 is 5.47. The molecule has 0 saturated carbocycles.